The van der Waals surface area contributed by atoms with Crippen LogP contribution >= 0.6 is 7.82 Å². The molecular formula is C29H51O29P. The molecule has 23 atom stereocenters. The third-order valence-electron chi connectivity index (χ3n) is 10.0. The van der Waals surface area contributed by atoms with Crippen LogP contribution in [0.4, 0.5) is 0 Å². The fourth-order valence-electron chi connectivity index (χ4n) is 6.88. The Morgan fingerprint density at radius 2 is 1.05 bits per heavy atom. The minimum absolute atomic E-state index is 1.05. The lowest BCUT2D eigenvalue weighted by atomic mass is 9.91. The molecule has 0 aromatic carbocycles. The van der Waals surface area contributed by atoms with Crippen molar-refractivity contribution in [1.29, 1.82) is 0 Å². The van der Waals surface area contributed by atoms with Gasteiger partial charge in [0.15, 0.2) is 18.9 Å². The van der Waals surface area contributed by atoms with Crippen LogP contribution in [0.25, 0.3) is 0 Å². The second kappa shape index (κ2) is 20.4. The lowest BCUT2D eigenvalue weighted by Gasteiger charge is -2.50. The quantitative estimate of drug-likeness (QED) is 0.0603. The van der Waals surface area contributed by atoms with Crippen LogP contribution < -0.4 is 0 Å². The minimum Gasteiger partial charge on any atom is -0.477 e. The summed E-state index contributed by atoms with van der Waals surface area (Å²) in [7, 11) is -5.70. The van der Waals surface area contributed by atoms with Crippen LogP contribution in [0.3, 0.4) is 0 Å². The number of phosphoric ester groups is 1. The van der Waals surface area contributed by atoms with Crippen molar-refractivity contribution in [3.63, 3.8) is 0 Å². The second-order valence-corrected chi connectivity index (χ2v) is 15.3. The molecule has 0 amide bonds. The van der Waals surface area contributed by atoms with Gasteiger partial charge in [-0.25, -0.2) is 9.36 Å². The number of hydrogen-bond acceptors (Lipinski definition) is 26. The number of rotatable bonds is 17. The van der Waals surface area contributed by atoms with E-state index in [0.717, 1.165) is 0 Å². The molecule has 29 nitrogen and oxygen atoms in total. The van der Waals surface area contributed by atoms with Crippen molar-refractivity contribution < 1.29 is 144 Å². The molecule has 0 aromatic rings. The van der Waals surface area contributed by atoms with Crippen LogP contribution in [0.1, 0.15) is 6.42 Å². The normalized spacial score (nSPS) is 45.7. The largest absolute Gasteiger partial charge is 0.477 e. The van der Waals surface area contributed by atoms with Gasteiger partial charge in [-0.2, -0.15) is 0 Å². The van der Waals surface area contributed by atoms with Crippen molar-refractivity contribution in [2.24, 2.45) is 0 Å². The number of hydrogen-bond donors (Lipinski definition) is 19. The Morgan fingerprint density at radius 3 is 1.53 bits per heavy atom. The molecule has 30 heteroatoms. The summed E-state index contributed by atoms with van der Waals surface area (Å²) in [6.07, 6.45) is -49.7. The van der Waals surface area contributed by atoms with E-state index in [0.29, 0.717) is 0 Å². The van der Waals surface area contributed by atoms with Gasteiger partial charge >= 0.3 is 13.8 Å². The lowest BCUT2D eigenvalue weighted by Crippen LogP contribution is -2.69. The lowest BCUT2D eigenvalue weighted by molar-refractivity contribution is -0.393. The zero-order chi connectivity index (χ0) is 44.5. The van der Waals surface area contributed by atoms with E-state index >= 15 is 0 Å². The maximum absolute atomic E-state index is 12.0. The third kappa shape index (κ3) is 11.1. The Bertz CT molecular complexity index is 1390. The van der Waals surface area contributed by atoms with Crippen LogP contribution in [0.5, 0.6) is 0 Å². The van der Waals surface area contributed by atoms with E-state index in [2.05, 4.69) is 4.52 Å². The number of phosphoric acid groups is 1. The van der Waals surface area contributed by atoms with Gasteiger partial charge in [0, 0.05) is 6.42 Å². The van der Waals surface area contributed by atoms with E-state index in [1.165, 1.54) is 0 Å². The first kappa shape index (κ1) is 50.3. The Morgan fingerprint density at radius 1 is 0.610 bits per heavy atom. The Labute approximate surface area is 331 Å². The first-order valence-corrected chi connectivity index (χ1v) is 19.2. The van der Waals surface area contributed by atoms with Crippen LogP contribution in [0, 0.1) is 0 Å². The Balaban J connectivity index is 1.77. The molecule has 4 aliphatic rings. The van der Waals surface area contributed by atoms with Crippen molar-refractivity contribution in [2.45, 2.75) is 147 Å². The highest BCUT2D eigenvalue weighted by molar-refractivity contribution is 7.46. The summed E-state index contributed by atoms with van der Waals surface area (Å²) in [5.41, 5.74) is 0. The number of ether oxygens (including phenoxy) is 7. The standard InChI is InChI=1S/C29H51O29P/c30-2-6(34)19-13(39)11(37)15(41)25(52-19)51-10(5-33)22-17(43)24(56-26-16(42)12(38)14(40)20(53-26)7(35)3-31)18(44)27(54-22)55-23-9(58-59(48,49)50)1-29(47,28(45)46)57-21(23)8(36)4-32/h6-27,30-44,47H,1-5H2,(H,45,46)(H2,48,49,50)/t6-,7-,8+,9+,10-,11-,12-,13-,14-,15-,16-,17+,18-,19+,20+,21+,22+,23+,24-,25-,26+,27+,29+/m0/s1. The molecule has 4 aliphatic heterocycles. The summed E-state index contributed by atoms with van der Waals surface area (Å²) in [5, 5.41) is 176. The molecule has 0 saturated carbocycles. The van der Waals surface area contributed by atoms with Crippen molar-refractivity contribution in [1.82, 2.24) is 0 Å². The molecule has 4 heterocycles. The molecule has 0 aromatic heterocycles. The molecule has 0 unspecified atom stereocenters. The highest BCUT2D eigenvalue weighted by atomic mass is 31.2. The molecule has 4 fully saturated rings. The van der Waals surface area contributed by atoms with E-state index in [4.69, 9.17) is 33.2 Å². The molecular weight excluding hydrogens is 843 g/mol. The average Bonchev–Trinajstić information content (AvgIpc) is 3.18. The fourth-order valence-corrected chi connectivity index (χ4v) is 7.43. The monoisotopic (exact) mass is 894 g/mol. The zero-order valence-corrected chi connectivity index (χ0v) is 31.2. The van der Waals surface area contributed by atoms with Gasteiger partial charge in [-0.05, 0) is 0 Å². The smallest absolute Gasteiger partial charge is 0.469 e. The highest BCUT2D eigenvalue weighted by Crippen LogP contribution is 2.45. The Kier molecular flexibility index (Phi) is 17.4. The van der Waals surface area contributed by atoms with Gasteiger partial charge in [0.25, 0.3) is 5.79 Å². The first-order valence-electron chi connectivity index (χ1n) is 17.7. The van der Waals surface area contributed by atoms with E-state index in [-0.39, 0.29) is 0 Å². The predicted octanol–water partition coefficient (Wildman–Crippen LogP) is -11.7. The molecule has 346 valence electrons. The van der Waals surface area contributed by atoms with Crippen LogP contribution in [-0.2, 0) is 47.0 Å². The molecule has 4 saturated heterocycles. The van der Waals surface area contributed by atoms with Gasteiger partial charge in [-0.15, -0.1) is 0 Å². The van der Waals surface area contributed by atoms with Gasteiger partial charge < -0.3 is 130 Å². The SMILES string of the molecule is O=C(O)[C@@]1(O)C[C@@H](OP(=O)(O)O)[C@@H](O[C@H]2O[C@H]([C@H](CO)O[C@H]3O[C@H]([C@@H](O)CO)[C@@H](O)[C@H](O)[C@@H]3O)[C@@H](O)[C@H](O[C@H]3O[C@H]([C@@H](O)CO)[C@@H](O)[C@H](O)[C@@H]3O)[C@@H]2O)[C@@H]([C@H](O)CO)O1. The van der Waals surface area contributed by atoms with Crippen molar-refractivity contribution in [2.75, 3.05) is 26.4 Å². The first-order chi connectivity index (χ1) is 27.4. The Hall–Kier alpha value is -1.34. The zero-order valence-electron chi connectivity index (χ0n) is 30.3. The van der Waals surface area contributed by atoms with Crippen molar-refractivity contribution >= 4 is 13.8 Å². The molecule has 0 aliphatic carbocycles. The van der Waals surface area contributed by atoms with E-state index in [1.807, 2.05) is 0 Å². The summed E-state index contributed by atoms with van der Waals surface area (Å²) in [5.74, 6) is -5.57. The number of carboxylic acid groups (broad SMARTS) is 1. The van der Waals surface area contributed by atoms with E-state index in [9.17, 15) is 106 Å². The predicted molar refractivity (Wildman–Crippen MR) is 174 cm³/mol. The summed E-state index contributed by atoms with van der Waals surface area (Å²) in [6.45, 7) is -4.73. The maximum Gasteiger partial charge on any atom is 0.469 e. The second-order valence-electron chi connectivity index (χ2n) is 14.2. The van der Waals surface area contributed by atoms with E-state index in [1.54, 1.807) is 0 Å². The summed E-state index contributed by atoms with van der Waals surface area (Å²) in [6, 6.07) is 0. The van der Waals surface area contributed by atoms with E-state index < -0.39 is 187 Å². The number of aliphatic carboxylic acids is 1. The third-order valence-corrected chi connectivity index (χ3v) is 10.6. The number of aliphatic hydroxyl groups excluding tert-OH is 15. The highest BCUT2D eigenvalue weighted by Gasteiger charge is 2.59. The van der Waals surface area contributed by atoms with Crippen LogP contribution in [0.2, 0.25) is 0 Å². The van der Waals surface area contributed by atoms with Crippen LogP contribution in [0.15, 0.2) is 0 Å². The van der Waals surface area contributed by atoms with Crippen molar-refractivity contribution in [3.8, 4) is 0 Å². The van der Waals surface area contributed by atoms with Gasteiger partial charge in [0.2, 0.25) is 0 Å². The molecule has 4 rings (SSSR count). The molecule has 59 heavy (non-hydrogen) atoms. The summed E-state index contributed by atoms with van der Waals surface area (Å²) in [4.78, 5) is 31.2. The van der Waals surface area contributed by atoms with Gasteiger partial charge in [-0.1, -0.05) is 0 Å². The van der Waals surface area contributed by atoms with Crippen molar-refractivity contribution in [3.05, 3.63) is 0 Å². The molecule has 0 radical (unpaired) electrons. The summed E-state index contributed by atoms with van der Waals surface area (Å²) < 4.78 is 54.9. The van der Waals surface area contributed by atoms with Gasteiger partial charge in [0.1, 0.15) is 116 Å². The van der Waals surface area contributed by atoms with Gasteiger partial charge in [-0.3, -0.25) is 4.52 Å². The molecule has 0 bridgehead atoms. The topological polar surface area (TPSA) is 492 Å². The minimum atomic E-state index is -5.70. The fraction of sp³-hybridized carbons (Fsp3) is 0.966. The van der Waals surface area contributed by atoms with Gasteiger partial charge in [0.05, 0.1) is 26.4 Å². The van der Waals surface area contributed by atoms with Crippen LogP contribution in [-0.4, -0.2) is 270 Å². The summed E-state index contributed by atoms with van der Waals surface area (Å²) >= 11 is 0. The number of carboxylic acids is 1. The number of carbonyl (C=O) groups is 1. The number of aliphatic hydroxyl groups is 16. The molecule has 19 N–H and O–H groups in total. The molecule has 0 spiro atoms. The maximum atomic E-state index is 12.0. The average molecular weight is 895 g/mol.